The largest absolute Gasteiger partial charge is 0.497 e. The van der Waals surface area contributed by atoms with Crippen molar-refractivity contribution in [1.82, 2.24) is 4.90 Å². The molecule has 0 bridgehead atoms. The van der Waals surface area contributed by atoms with Crippen molar-refractivity contribution in [2.75, 3.05) is 17.8 Å². The molecule has 128 valence electrons. The molecule has 0 radical (unpaired) electrons. The lowest BCUT2D eigenvalue weighted by Gasteiger charge is -2.25. The lowest BCUT2D eigenvalue weighted by molar-refractivity contribution is -0.119. The second-order valence-corrected chi connectivity index (χ2v) is 7.73. The van der Waals surface area contributed by atoms with Gasteiger partial charge in [0.05, 0.1) is 12.8 Å². The van der Waals surface area contributed by atoms with Crippen LogP contribution in [0, 0.1) is 0 Å². The number of halogens is 1. The zero-order chi connectivity index (χ0) is 17.6. The summed E-state index contributed by atoms with van der Waals surface area (Å²) in [5, 5.41) is 1.27. The summed E-state index contributed by atoms with van der Waals surface area (Å²) in [6.45, 7) is 0. The van der Waals surface area contributed by atoms with E-state index in [1.807, 2.05) is 53.4 Å². The molecule has 4 nitrogen and oxygen atoms in total. The minimum atomic E-state index is -0.222. The van der Waals surface area contributed by atoms with Crippen LogP contribution in [0.3, 0.4) is 0 Å². The molecule has 2 heterocycles. The van der Waals surface area contributed by atoms with Gasteiger partial charge in [0.25, 0.3) is 5.91 Å². The molecule has 0 aliphatic carbocycles. The number of carbonyl (C=O) groups excluding carboxylic acids is 1. The van der Waals surface area contributed by atoms with Crippen molar-refractivity contribution in [2.45, 2.75) is 11.4 Å². The first kappa shape index (κ1) is 16.7. The van der Waals surface area contributed by atoms with Gasteiger partial charge in [-0.1, -0.05) is 23.7 Å². The van der Waals surface area contributed by atoms with E-state index < -0.39 is 0 Å². The number of carbonyl (C=O) groups is 1. The summed E-state index contributed by atoms with van der Waals surface area (Å²) < 4.78 is 5.18. The minimum Gasteiger partial charge on any atom is -0.497 e. The molecule has 2 aromatic carbocycles. The molecule has 0 spiro atoms. The maximum absolute atomic E-state index is 12.9. The fourth-order valence-corrected chi connectivity index (χ4v) is 5.19. The number of ether oxygens (including phenoxy) is 1. The molecule has 2 aromatic rings. The monoisotopic (exact) mass is 390 g/mol. The third-order valence-electron chi connectivity index (χ3n) is 4.40. The average Bonchev–Trinajstić information content (AvgIpc) is 3.17. The third kappa shape index (κ3) is 2.78. The van der Waals surface area contributed by atoms with Crippen LogP contribution < -0.4 is 9.64 Å². The van der Waals surface area contributed by atoms with E-state index in [0.29, 0.717) is 10.1 Å². The van der Waals surface area contributed by atoms with Crippen LogP contribution in [0.25, 0.3) is 0 Å². The van der Waals surface area contributed by atoms with Gasteiger partial charge in [0.1, 0.15) is 17.2 Å². The van der Waals surface area contributed by atoms with Gasteiger partial charge < -0.3 is 9.64 Å². The number of methoxy groups -OCH3 is 1. The quantitative estimate of drug-likeness (QED) is 0.737. The molecule has 4 rings (SSSR count). The Labute approximate surface area is 160 Å². The molecule has 2 fully saturated rings. The number of hydrogen-bond donors (Lipinski definition) is 0. The van der Waals surface area contributed by atoms with Crippen LogP contribution in [0.5, 0.6) is 5.75 Å². The van der Waals surface area contributed by atoms with Crippen molar-refractivity contribution in [3.05, 3.63) is 59.1 Å². The Morgan fingerprint density at radius 1 is 1.16 bits per heavy atom. The van der Waals surface area contributed by atoms with Crippen molar-refractivity contribution in [3.8, 4) is 5.75 Å². The van der Waals surface area contributed by atoms with E-state index in [-0.39, 0.29) is 17.3 Å². The number of amides is 1. The summed E-state index contributed by atoms with van der Waals surface area (Å²) in [5.74, 6) is 1.49. The van der Waals surface area contributed by atoms with Gasteiger partial charge in [0.2, 0.25) is 0 Å². The number of nitrogens with zero attached hydrogens (tertiary/aromatic N) is 2. The van der Waals surface area contributed by atoms with Crippen molar-refractivity contribution in [3.63, 3.8) is 0 Å². The number of anilines is 1. The van der Waals surface area contributed by atoms with Crippen LogP contribution in [0.4, 0.5) is 5.69 Å². The van der Waals surface area contributed by atoms with Crippen LogP contribution in [-0.2, 0) is 4.79 Å². The van der Waals surface area contributed by atoms with E-state index in [0.717, 1.165) is 22.8 Å². The zero-order valence-corrected chi connectivity index (χ0v) is 15.8. The molecular formula is C18H15ClN2O2S2. The molecule has 0 unspecified atom stereocenters. The Morgan fingerprint density at radius 2 is 1.84 bits per heavy atom. The van der Waals surface area contributed by atoms with Crippen molar-refractivity contribution in [2.24, 2.45) is 0 Å². The SMILES string of the molecule is COc1ccc(N2C(=O)[C@H]3CS[C@@H](c4ccc(Cl)cc4)N3C2=S)cc1. The van der Waals surface area contributed by atoms with Crippen LogP contribution >= 0.6 is 35.6 Å². The predicted molar refractivity (Wildman–Crippen MR) is 105 cm³/mol. The highest BCUT2D eigenvalue weighted by Crippen LogP contribution is 2.46. The standard InChI is InChI=1S/C18H15ClN2O2S2/c1-23-14-8-6-13(7-9-14)20-16(22)15-10-25-17(21(15)18(20)24)11-2-4-12(19)5-3-11/h2-9,15,17H,10H2,1H3/t15-,17+/m1/s1. The number of hydrogen-bond acceptors (Lipinski definition) is 4. The molecule has 2 aliphatic rings. The van der Waals surface area contributed by atoms with Gasteiger partial charge in [0, 0.05) is 10.8 Å². The first-order chi connectivity index (χ1) is 12.1. The molecule has 0 saturated carbocycles. The first-order valence-electron chi connectivity index (χ1n) is 7.77. The fourth-order valence-electron chi connectivity index (χ4n) is 3.14. The smallest absolute Gasteiger partial charge is 0.257 e. The topological polar surface area (TPSA) is 32.8 Å². The van der Waals surface area contributed by atoms with E-state index in [2.05, 4.69) is 0 Å². The van der Waals surface area contributed by atoms with Gasteiger partial charge >= 0.3 is 0 Å². The summed E-state index contributed by atoms with van der Waals surface area (Å²) in [7, 11) is 1.62. The van der Waals surface area contributed by atoms with E-state index in [4.69, 9.17) is 28.6 Å². The highest BCUT2D eigenvalue weighted by atomic mass is 35.5. The summed E-state index contributed by atoms with van der Waals surface area (Å²) in [4.78, 5) is 16.6. The van der Waals surface area contributed by atoms with Gasteiger partial charge in [0.15, 0.2) is 5.11 Å². The Bertz CT molecular complexity index is 826. The molecule has 2 aliphatic heterocycles. The average molecular weight is 391 g/mol. The van der Waals surface area contributed by atoms with Crippen LogP contribution in [0.1, 0.15) is 10.9 Å². The van der Waals surface area contributed by atoms with Gasteiger partial charge in [-0.05, 0) is 54.2 Å². The van der Waals surface area contributed by atoms with Gasteiger partial charge in [-0.3, -0.25) is 9.69 Å². The van der Waals surface area contributed by atoms with Gasteiger partial charge in [-0.25, -0.2) is 0 Å². The molecule has 2 atom stereocenters. The summed E-state index contributed by atoms with van der Waals surface area (Å²) in [5.41, 5.74) is 1.87. The van der Waals surface area contributed by atoms with Crippen molar-refractivity contribution >= 4 is 52.3 Å². The summed E-state index contributed by atoms with van der Waals surface area (Å²) in [6.07, 6.45) is 0. The number of fused-ring (bicyclic) bond motifs is 1. The Balaban J connectivity index is 1.65. The second kappa shape index (κ2) is 6.52. The lowest BCUT2D eigenvalue weighted by atomic mass is 10.2. The predicted octanol–water partition coefficient (Wildman–Crippen LogP) is 4.10. The Kier molecular flexibility index (Phi) is 4.35. The van der Waals surface area contributed by atoms with Crippen molar-refractivity contribution in [1.29, 1.82) is 0 Å². The first-order valence-corrected chi connectivity index (χ1v) is 9.61. The second-order valence-electron chi connectivity index (χ2n) is 5.81. The van der Waals surface area contributed by atoms with E-state index in [1.54, 1.807) is 23.8 Å². The minimum absolute atomic E-state index is 0.0270. The highest BCUT2D eigenvalue weighted by Gasteiger charge is 2.50. The molecule has 25 heavy (non-hydrogen) atoms. The Morgan fingerprint density at radius 3 is 2.48 bits per heavy atom. The Hall–Kier alpha value is -1.76. The lowest BCUT2D eigenvalue weighted by Crippen LogP contribution is -2.33. The number of rotatable bonds is 3. The fraction of sp³-hybridized carbons (Fsp3) is 0.222. The van der Waals surface area contributed by atoms with Crippen LogP contribution in [-0.4, -0.2) is 34.8 Å². The number of thioether (sulfide) groups is 1. The van der Waals surface area contributed by atoms with E-state index in [1.165, 1.54) is 0 Å². The highest BCUT2D eigenvalue weighted by molar-refractivity contribution is 7.99. The molecule has 2 saturated heterocycles. The van der Waals surface area contributed by atoms with Crippen LogP contribution in [0.2, 0.25) is 5.02 Å². The molecule has 0 N–H and O–H groups in total. The van der Waals surface area contributed by atoms with Gasteiger partial charge in [-0.2, -0.15) is 0 Å². The third-order valence-corrected chi connectivity index (χ3v) is 6.37. The molecule has 0 aromatic heterocycles. The maximum Gasteiger partial charge on any atom is 0.257 e. The molecule has 1 amide bonds. The van der Waals surface area contributed by atoms with E-state index >= 15 is 0 Å². The molecule has 7 heteroatoms. The van der Waals surface area contributed by atoms with Crippen molar-refractivity contribution < 1.29 is 9.53 Å². The summed E-state index contributed by atoms with van der Waals surface area (Å²) >= 11 is 13.4. The number of thiocarbonyl (C=S) groups is 1. The van der Waals surface area contributed by atoms with Gasteiger partial charge in [-0.15, -0.1) is 11.8 Å². The zero-order valence-electron chi connectivity index (χ0n) is 13.4. The normalized spacial score (nSPS) is 22.5. The maximum atomic E-state index is 12.9. The summed E-state index contributed by atoms with van der Waals surface area (Å²) in [6, 6.07) is 14.9. The molecular weight excluding hydrogens is 376 g/mol. The number of benzene rings is 2. The van der Waals surface area contributed by atoms with E-state index in [9.17, 15) is 4.79 Å². The van der Waals surface area contributed by atoms with Crippen LogP contribution in [0.15, 0.2) is 48.5 Å².